The maximum atomic E-state index is 12.9. The highest BCUT2D eigenvalue weighted by atomic mass is 16.2. The predicted molar refractivity (Wildman–Crippen MR) is 109 cm³/mol. The minimum atomic E-state index is -0.213. The Labute approximate surface area is 160 Å². The Morgan fingerprint density at radius 2 is 1.78 bits per heavy atom. The molecule has 2 amide bonds. The van der Waals surface area contributed by atoms with Gasteiger partial charge in [-0.3, -0.25) is 9.59 Å². The number of likely N-dealkylation sites (tertiary alicyclic amines) is 1. The summed E-state index contributed by atoms with van der Waals surface area (Å²) in [4.78, 5) is 27.5. The number of carbonyl (C=O) groups is 2. The third kappa shape index (κ3) is 4.48. The van der Waals surface area contributed by atoms with Gasteiger partial charge in [0.1, 0.15) is 0 Å². The second-order valence-corrected chi connectivity index (χ2v) is 7.53. The fourth-order valence-corrected chi connectivity index (χ4v) is 3.67. The number of hydrogen-bond acceptors (Lipinski definition) is 3. The maximum Gasteiger partial charge on any atom is 0.253 e. The first-order valence-electron chi connectivity index (χ1n) is 9.38. The fraction of sp³-hybridized carbons (Fsp3) is 0.364. The molecule has 0 radical (unpaired) electrons. The molecule has 0 aromatic heterocycles. The monoisotopic (exact) mass is 365 g/mol. The van der Waals surface area contributed by atoms with Gasteiger partial charge < -0.3 is 16.0 Å². The van der Waals surface area contributed by atoms with Gasteiger partial charge >= 0.3 is 0 Å². The highest BCUT2D eigenvalue weighted by Gasteiger charge is 2.29. The van der Waals surface area contributed by atoms with Crippen molar-refractivity contribution in [3.05, 3.63) is 58.7 Å². The van der Waals surface area contributed by atoms with Crippen LogP contribution in [0.25, 0.3) is 0 Å². The van der Waals surface area contributed by atoms with Crippen molar-refractivity contribution in [3.63, 3.8) is 0 Å². The van der Waals surface area contributed by atoms with Crippen LogP contribution in [0.15, 0.2) is 36.4 Å². The number of nitrogens with zero attached hydrogens (tertiary/aromatic N) is 1. The topological polar surface area (TPSA) is 75.4 Å². The van der Waals surface area contributed by atoms with Crippen LogP contribution in [0.4, 0.5) is 11.4 Å². The molecule has 1 aliphatic rings. The van der Waals surface area contributed by atoms with E-state index in [2.05, 4.69) is 11.4 Å². The molecule has 2 aromatic rings. The molecule has 3 rings (SSSR count). The third-order valence-corrected chi connectivity index (χ3v) is 5.07. The van der Waals surface area contributed by atoms with E-state index >= 15 is 0 Å². The summed E-state index contributed by atoms with van der Waals surface area (Å²) in [5.74, 6) is -0.268. The lowest BCUT2D eigenvalue weighted by molar-refractivity contribution is -0.121. The van der Waals surface area contributed by atoms with Crippen LogP contribution in [0.5, 0.6) is 0 Å². The van der Waals surface area contributed by atoms with Gasteiger partial charge in [-0.2, -0.15) is 0 Å². The summed E-state index contributed by atoms with van der Waals surface area (Å²) < 4.78 is 0. The second-order valence-electron chi connectivity index (χ2n) is 7.53. The van der Waals surface area contributed by atoms with E-state index in [1.807, 2.05) is 45.0 Å². The number of benzene rings is 2. The van der Waals surface area contributed by atoms with Gasteiger partial charge in [0.25, 0.3) is 5.91 Å². The lowest BCUT2D eigenvalue weighted by atomic mass is 9.95. The molecule has 1 aliphatic heterocycles. The quantitative estimate of drug-likeness (QED) is 0.815. The number of amides is 2. The largest absolute Gasteiger partial charge is 0.399 e. The molecular weight excluding hydrogens is 338 g/mol. The average Bonchev–Trinajstić information content (AvgIpc) is 2.63. The highest BCUT2D eigenvalue weighted by Crippen LogP contribution is 2.23. The van der Waals surface area contributed by atoms with Gasteiger partial charge in [0.15, 0.2) is 0 Å². The minimum Gasteiger partial charge on any atom is -0.399 e. The molecule has 5 nitrogen and oxygen atoms in total. The summed E-state index contributed by atoms with van der Waals surface area (Å²) >= 11 is 0. The first-order chi connectivity index (χ1) is 12.8. The van der Waals surface area contributed by atoms with E-state index in [9.17, 15) is 9.59 Å². The van der Waals surface area contributed by atoms with Crippen LogP contribution in [0.2, 0.25) is 0 Å². The Morgan fingerprint density at radius 3 is 2.48 bits per heavy atom. The fourth-order valence-electron chi connectivity index (χ4n) is 3.67. The normalized spacial score (nSPS) is 16.9. The molecule has 1 unspecified atom stereocenters. The minimum absolute atomic E-state index is 0.000522. The number of nitrogens with one attached hydrogen (secondary N) is 1. The number of carbonyl (C=O) groups excluding carboxylic acids is 2. The summed E-state index contributed by atoms with van der Waals surface area (Å²) in [7, 11) is 0. The van der Waals surface area contributed by atoms with E-state index in [1.165, 1.54) is 0 Å². The van der Waals surface area contributed by atoms with Crippen molar-refractivity contribution in [3.8, 4) is 0 Å². The number of rotatable bonds is 3. The van der Waals surface area contributed by atoms with Crippen molar-refractivity contribution in [2.75, 3.05) is 24.1 Å². The van der Waals surface area contributed by atoms with Gasteiger partial charge in [-0.25, -0.2) is 0 Å². The Hall–Kier alpha value is -2.82. The molecule has 0 bridgehead atoms. The molecule has 5 heteroatoms. The first-order valence-corrected chi connectivity index (χ1v) is 9.38. The molecule has 1 atom stereocenters. The number of anilines is 2. The molecule has 0 saturated carbocycles. The van der Waals surface area contributed by atoms with Crippen LogP contribution in [0, 0.1) is 26.7 Å². The molecular formula is C22H27N3O2. The zero-order valence-electron chi connectivity index (χ0n) is 16.2. The van der Waals surface area contributed by atoms with Gasteiger partial charge in [-0.05, 0) is 63.4 Å². The van der Waals surface area contributed by atoms with Gasteiger partial charge in [0, 0.05) is 30.0 Å². The van der Waals surface area contributed by atoms with E-state index in [4.69, 9.17) is 5.73 Å². The van der Waals surface area contributed by atoms with Crippen molar-refractivity contribution in [2.24, 2.45) is 5.92 Å². The predicted octanol–water partition coefficient (Wildman–Crippen LogP) is 3.68. The average molecular weight is 365 g/mol. The molecule has 1 fully saturated rings. The van der Waals surface area contributed by atoms with Crippen molar-refractivity contribution in [1.82, 2.24) is 4.90 Å². The van der Waals surface area contributed by atoms with Crippen LogP contribution < -0.4 is 11.1 Å². The molecule has 0 spiro atoms. The SMILES string of the molecule is Cc1cc(C)cc(C(=O)N2CCCC(C(=O)Nc3cc(N)ccc3C)C2)c1. The number of nitrogens with two attached hydrogens (primary N) is 1. The molecule has 2 aromatic carbocycles. The summed E-state index contributed by atoms with van der Waals surface area (Å²) in [6.07, 6.45) is 1.61. The standard InChI is InChI=1S/C22H27N3O2/c1-14-9-15(2)11-18(10-14)22(27)25-8-4-5-17(13-25)21(26)24-20-12-19(23)7-6-16(20)3/h6-7,9-12,17H,4-5,8,13,23H2,1-3H3,(H,24,26). The first kappa shape index (κ1) is 19.0. The number of nitrogen functional groups attached to an aromatic ring is 1. The molecule has 142 valence electrons. The van der Waals surface area contributed by atoms with E-state index in [0.29, 0.717) is 24.3 Å². The Bertz CT molecular complexity index is 856. The van der Waals surface area contributed by atoms with Gasteiger partial charge in [0.05, 0.1) is 5.92 Å². The Balaban J connectivity index is 1.70. The molecule has 27 heavy (non-hydrogen) atoms. The van der Waals surface area contributed by atoms with Gasteiger partial charge in [0.2, 0.25) is 5.91 Å². The van der Waals surface area contributed by atoms with E-state index in [0.717, 1.165) is 35.2 Å². The van der Waals surface area contributed by atoms with Crippen molar-refractivity contribution in [2.45, 2.75) is 33.6 Å². The molecule has 3 N–H and O–H groups in total. The van der Waals surface area contributed by atoms with E-state index < -0.39 is 0 Å². The third-order valence-electron chi connectivity index (χ3n) is 5.07. The molecule has 0 aliphatic carbocycles. The van der Waals surface area contributed by atoms with Crippen molar-refractivity contribution in [1.29, 1.82) is 0 Å². The summed E-state index contributed by atoms with van der Waals surface area (Å²) in [6.45, 7) is 7.05. The Kier molecular flexibility index (Phi) is 5.49. The van der Waals surface area contributed by atoms with E-state index in [-0.39, 0.29) is 17.7 Å². The van der Waals surface area contributed by atoms with Crippen LogP contribution in [-0.2, 0) is 4.79 Å². The van der Waals surface area contributed by atoms with Crippen molar-refractivity contribution < 1.29 is 9.59 Å². The van der Waals surface area contributed by atoms with Gasteiger partial charge in [-0.1, -0.05) is 23.3 Å². The second kappa shape index (κ2) is 7.82. The number of hydrogen-bond donors (Lipinski definition) is 2. The maximum absolute atomic E-state index is 12.9. The van der Waals surface area contributed by atoms with Crippen LogP contribution in [0.3, 0.4) is 0 Å². The zero-order chi connectivity index (χ0) is 19.6. The number of aryl methyl sites for hydroxylation is 3. The summed E-state index contributed by atoms with van der Waals surface area (Å²) in [5, 5.41) is 2.98. The van der Waals surface area contributed by atoms with Crippen LogP contribution in [-0.4, -0.2) is 29.8 Å². The van der Waals surface area contributed by atoms with Gasteiger partial charge in [-0.15, -0.1) is 0 Å². The summed E-state index contributed by atoms with van der Waals surface area (Å²) in [5.41, 5.74) is 11.0. The Morgan fingerprint density at radius 1 is 1.07 bits per heavy atom. The van der Waals surface area contributed by atoms with Crippen molar-refractivity contribution >= 4 is 23.2 Å². The molecule has 1 heterocycles. The lowest BCUT2D eigenvalue weighted by Gasteiger charge is -2.32. The molecule has 1 saturated heterocycles. The summed E-state index contributed by atoms with van der Waals surface area (Å²) in [6, 6.07) is 11.4. The van der Waals surface area contributed by atoms with Crippen LogP contribution in [0.1, 0.15) is 39.9 Å². The number of piperidine rings is 1. The van der Waals surface area contributed by atoms with E-state index in [1.54, 1.807) is 11.0 Å². The van der Waals surface area contributed by atoms with Crippen LogP contribution >= 0.6 is 0 Å². The highest BCUT2D eigenvalue weighted by molar-refractivity contribution is 5.97. The zero-order valence-corrected chi connectivity index (χ0v) is 16.2. The smallest absolute Gasteiger partial charge is 0.253 e. The lowest BCUT2D eigenvalue weighted by Crippen LogP contribution is -2.43.